The van der Waals surface area contributed by atoms with Crippen LogP contribution in [-0.2, 0) is 14.3 Å². The van der Waals surface area contributed by atoms with E-state index in [1.807, 2.05) is 24.3 Å². The summed E-state index contributed by atoms with van der Waals surface area (Å²) in [5.74, 6) is -0.368. The van der Waals surface area contributed by atoms with E-state index >= 15 is 0 Å². The Hall–Kier alpha value is -1.56. The van der Waals surface area contributed by atoms with Crippen LogP contribution in [0.25, 0.3) is 0 Å². The Kier molecular flexibility index (Phi) is 6.35. The van der Waals surface area contributed by atoms with Gasteiger partial charge >= 0.3 is 5.97 Å². The molecule has 1 rings (SSSR count). The molecule has 0 radical (unpaired) electrons. The maximum absolute atomic E-state index is 11.3. The van der Waals surface area contributed by atoms with Crippen molar-refractivity contribution >= 4 is 27.8 Å². The van der Waals surface area contributed by atoms with Crippen LogP contribution >= 0.6 is 15.9 Å². The third-order valence-corrected chi connectivity index (χ3v) is 2.85. The van der Waals surface area contributed by atoms with Gasteiger partial charge in [-0.1, -0.05) is 15.9 Å². The Morgan fingerprint density at radius 2 is 1.95 bits per heavy atom. The largest absolute Gasteiger partial charge is 0.494 e. The van der Waals surface area contributed by atoms with E-state index < -0.39 is 18.0 Å². The number of benzene rings is 1. The van der Waals surface area contributed by atoms with Crippen LogP contribution in [0.15, 0.2) is 28.7 Å². The van der Waals surface area contributed by atoms with Gasteiger partial charge in [-0.2, -0.15) is 0 Å². The number of carbonyl (C=O) groups is 2. The monoisotopic (exact) mass is 329 g/mol. The summed E-state index contributed by atoms with van der Waals surface area (Å²) in [6.45, 7) is 1.85. The SMILES string of the molecule is C[C@@H](OC(=O)CCCOc1ccc(Br)cc1)C(N)=O. The second kappa shape index (κ2) is 7.78. The first-order valence-electron chi connectivity index (χ1n) is 5.86. The maximum atomic E-state index is 11.3. The van der Waals surface area contributed by atoms with Crippen molar-refractivity contribution in [2.24, 2.45) is 5.73 Å². The Labute approximate surface area is 120 Å². The highest BCUT2D eigenvalue weighted by molar-refractivity contribution is 9.10. The van der Waals surface area contributed by atoms with Crippen molar-refractivity contribution in [3.05, 3.63) is 28.7 Å². The summed E-state index contributed by atoms with van der Waals surface area (Å²) in [4.78, 5) is 22.0. The molecular weight excluding hydrogens is 314 g/mol. The number of halogens is 1. The molecule has 0 heterocycles. The maximum Gasteiger partial charge on any atom is 0.306 e. The molecule has 0 fully saturated rings. The number of hydrogen-bond donors (Lipinski definition) is 1. The van der Waals surface area contributed by atoms with Gasteiger partial charge in [0.25, 0.3) is 5.91 Å². The standard InChI is InChI=1S/C13H16BrNO4/c1-9(13(15)17)19-12(16)3-2-8-18-11-6-4-10(14)5-7-11/h4-7,9H,2-3,8H2,1H3,(H2,15,17)/t9-/m1/s1. The summed E-state index contributed by atoms with van der Waals surface area (Å²) in [5.41, 5.74) is 4.98. The molecule has 1 aromatic carbocycles. The molecule has 0 aromatic heterocycles. The average Bonchev–Trinajstić information content (AvgIpc) is 2.36. The predicted molar refractivity (Wildman–Crippen MR) is 73.6 cm³/mol. The zero-order valence-electron chi connectivity index (χ0n) is 10.6. The van der Waals surface area contributed by atoms with E-state index in [-0.39, 0.29) is 6.42 Å². The highest BCUT2D eigenvalue weighted by Gasteiger charge is 2.13. The first-order chi connectivity index (χ1) is 8.99. The molecule has 0 unspecified atom stereocenters. The minimum atomic E-state index is -0.889. The topological polar surface area (TPSA) is 78.6 Å². The van der Waals surface area contributed by atoms with E-state index in [0.717, 1.165) is 10.2 Å². The first-order valence-corrected chi connectivity index (χ1v) is 6.65. The second-order valence-electron chi connectivity index (χ2n) is 3.94. The van der Waals surface area contributed by atoms with Crippen LogP contribution in [0.5, 0.6) is 5.75 Å². The van der Waals surface area contributed by atoms with Crippen molar-refractivity contribution in [3.8, 4) is 5.75 Å². The molecule has 1 amide bonds. The van der Waals surface area contributed by atoms with Crippen molar-refractivity contribution in [2.75, 3.05) is 6.61 Å². The number of carbonyl (C=O) groups excluding carboxylic acids is 2. The van der Waals surface area contributed by atoms with Gasteiger partial charge in [-0.25, -0.2) is 0 Å². The van der Waals surface area contributed by atoms with Gasteiger partial charge in [-0.15, -0.1) is 0 Å². The van der Waals surface area contributed by atoms with Gasteiger partial charge in [0.05, 0.1) is 6.61 Å². The Bertz CT molecular complexity index is 433. The molecule has 2 N–H and O–H groups in total. The summed E-state index contributed by atoms with van der Waals surface area (Å²) in [5, 5.41) is 0. The molecule has 0 saturated heterocycles. The molecular formula is C13H16BrNO4. The quantitative estimate of drug-likeness (QED) is 0.613. The minimum Gasteiger partial charge on any atom is -0.494 e. The van der Waals surface area contributed by atoms with Crippen LogP contribution in [-0.4, -0.2) is 24.6 Å². The van der Waals surface area contributed by atoms with Crippen molar-refractivity contribution in [3.63, 3.8) is 0 Å². The molecule has 104 valence electrons. The highest BCUT2D eigenvalue weighted by atomic mass is 79.9. The van der Waals surface area contributed by atoms with Gasteiger partial charge in [-0.05, 0) is 37.6 Å². The van der Waals surface area contributed by atoms with Crippen LogP contribution in [0, 0.1) is 0 Å². The molecule has 0 bridgehead atoms. The summed E-state index contributed by atoms with van der Waals surface area (Å²) in [7, 11) is 0. The van der Waals surface area contributed by atoms with Gasteiger partial charge in [0.2, 0.25) is 0 Å². The fourth-order valence-corrected chi connectivity index (χ4v) is 1.52. The number of primary amides is 1. The Balaban J connectivity index is 2.18. The van der Waals surface area contributed by atoms with Crippen molar-refractivity contribution in [1.29, 1.82) is 0 Å². The van der Waals surface area contributed by atoms with Gasteiger partial charge in [0, 0.05) is 10.9 Å². The van der Waals surface area contributed by atoms with E-state index in [9.17, 15) is 9.59 Å². The lowest BCUT2D eigenvalue weighted by molar-refractivity contribution is -0.153. The number of ether oxygens (including phenoxy) is 2. The molecule has 5 nitrogen and oxygen atoms in total. The number of rotatable bonds is 7. The van der Waals surface area contributed by atoms with Gasteiger partial charge in [-0.3, -0.25) is 9.59 Å². The molecule has 1 aromatic rings. The lowest BCUT2D eigenvalue weighted by Crippen LogP contribution is -2.30. The average molecular weight is 330 g/mol. The third-order valence-electron chi connectivity index (χ3n) is 2.32. The van der Waals surface area contributed by atoms with Crippen LogP contribution < -0.4 is 10.5 Å². The van der Waals surface area contributed by atoms with Crippen LogP contribution in [0.1, 0.15) is 19.8 Å². The predicted octanol–water partition coefficient (Wildman–Crippen LogP) is 2.03. The number of hydrogen-bond acceptors (Lipinski definition) is 4. The van der Waals surface area contributed by atoms with E-state index in [1.165, 1.54) is 6.92 Å². The first kappa shape index (κ1) is 15.5. The summed E-state index contributed by atoms with van der Waals surface area (Å²) >= 11 is 3.33. The van der Waals surface area contributed by atoms with E-state index in [1.54, 1.807) is 0 Å². The minimum absolute atomic E-state index is 0.189. The van der Waals surface area contributed by atoms with E-state index in [0.29, 0.717) is 13.0 Å². The highest BCUT2D eigenvalue weighted by Crippen LogP contribution is 2.16. The summed E-state index contributed by atoms with van der Waals surface area (Å²) in [6.07, 6.45) is -0.186. The smallest absolute Gasteiger partial charge is 0.306 e. The Morgan fingerprint density at radius 3 is 2.53 bits per heavy atom. The number of esters is 1. The van der Waals surface area contributed by atoms with E-state index in [4.69, 9.17) is 15.2 Å². The molecule has 0 aliphatic heterocycles. The zero-order valence-corrected chi connectivity index (χ0v) is 12.2. The molecule has 1 atom stereocenters. The van der Waals surface area contributed by atoms with Crippen molar-refractivity contribution in [1.82, 2.24) is 0 Å². The van der Waals surface area contributed by atoms with Crippen molar-refractivity contribution < 1.29 is 19.1 Å². The molecule has 0 aliphatic carbocycles. The van der Waals surface area contributed by atoms with Gasteiger partial charge in [0.1, 0.15) is 5.75 Å². The lowest BCUT2D eigenvalue weighted by atomic mass is 10.3. The van der Waals surface area contributed by atoms with Crippen molar-refractivity contribution in [2.45, 2.75) is 25.9 Å². The van der Waals surface area contributed by atoms with Gasteiger partial charge < -0.3 is 15.2 Å². The third kappa shape index (κ3) is 6.24. The molecule has 0 saturated carbocycles. The fraction of sp³-hybridized carbons (Fsp3) is 0.385. The second-order valence-corrected chi connectivity index (χ2v) is 4.86. The summed E-state index contributed by atoms with van der Waals surface area (Å²) in [6, 6.07) is 7.41. The lowest BCUT2D eigenvalue weighted by Gasteiger charge is -2.09. The zero-order chi connectivity index (χ0) is 14.3. The van der Waals surface area contributed by atoms with Crippen LogP contribution in [0.4, 0.5) is 0 Å². The molecule has 6 heteroatoms. The molecule has 0 aliphatic rings. The fourth-order valence-electron chi connectivity index (χ4n) is 1.25. The van der Waals surface area contributed by atoms with Crippen LogP contribution in [0.2, 0.25) is 0 Å². The van der Waals surface area contributed by atoms with Gasteiger partial charge in [0.15, 0.2) is 6.10 Å². The molecule has 0 spiro atoms. The number of amides is 1. The Morgan fingerprint density at radius 1 is 1.32 bits per heavy atom. The molecule has 19 heavy (non-hydrogen) atoms. The van der Waals surface area contributed by atoms with Crippen LogP contribution in [0.3, 0.4) is 0 Å². The number of nitrogens with two attached hydrogens (primary N) is 1. The summed E-state index contributed by atoms with van der Waals surface area (Å²) < 4.78 is 11.2. The van der Waals surface area contributed by atoms with E-state index in [2.05, 4.69) is 15.9 Å². The normalized spacial score (nSPS) is 11.7.